The first-order chi connectivity index (χ1) is 8.52. The number of aromatic nitrogens is 2. The first-order valence-electron chi connectivity index (χ1n) is 5.69. The number of nitrogens with two attached hydrogens (primary N) is 1. The molecule has 2 rings (SSSR count). The van der Waals surface area contributed by atoms with Gasteiger partial charge < -0.3 is 10.5 Å². The lowest BCUT2D eigenvalue weighted by Crippen LogP contribution is -2.01. The van der Waals surface area contributed by atoms with E-state index < -0.39 is 0 Å². The number of ether oxygens (including phenoxy) is 1. The van der Waals surface area contributed by atoms with Crippen LogP contribution in [0.4, 0.5) is 0 Å². The Morgan fingerprint density at radius 3 is 2.78 bits per heavy atom. The van der Waals surface area contributed by atoms with Crippen LogP contribution in [0.2, 0.25) is 5.02 Å². The van der Waals surface area contributed by atoms with Crippen molar-refractivity contribution in [2.45, 2.75) is 20.4 Å². The summed E-state index contributed by atoms with van der Waals surface area (Å²) in [6.07, 6.45) is 0. The lowest BCUT2D eigenvalue weighted by atomic mass is 10.2. The van der Waals surface area contributed by atoms with Crippen molar-refractivity contribution in [2.75, 3.05) is 0 Å². The van der Waals surface area contributed by atoms with Crippen LogP contribution in [0, 0.1) is 13.8 Å². The van der Waals surface area contributed by atoms with Crippen LogP contribution in [0.1, 0.15) is 16.8 Å². The molecule has 5 heteroatoms. The molecule has 0 radical (unpaired) electrons. The van der Waals surface area contributed by atoms with Gasteiger partial charge in [0.05, 0.1) is 16.3 Å². The molecule has 1 heterocycles. The summed E-state index contributed by atoms with van der Waals surface area (Å²) in [5, 5.41) is 4.87. The van der Waals surface area contributed by atoms with Crippen molar-refractivity contribution in [1.29, 1.82) is 0 Å². The molecule has 0 unspecified atom stereocenters. The summed E-state index contributed by atoms with van der Waals surface area (Å²) in [5.41, 5.74) is 8.58. The van der Waals surface area contributed by atoms with Crippen LogP contribution >= 0.6 is 11.6 Å². The van der Waals surface area contributed by atoms with Gasteiger partial charge in [0.2, 0.25) is 5.88 Å². The third-order valence-corrected chi connectivity index (χ3v) is 3.10. The number of halogens is 1. The van der Waals surface area contributed by atoms with Gasteiger partial charge in [-0.05, 0) is 31.5 Å². The molecule has 4 nitrogen and oxygen atoms in total. The van der Waals surface area contributed by atoms with Gasteiger partial charge >= 0.3 is 0 Å². The molecule has 96 valence electrons. The lowest BCUT2D eigenvalue weighted by Gasteiger charge is -2.10. The van der Waals surface area contributed by atoms with Crippen LogP contribution in [-0.4, -0.2) is 9.78 Å². The highest BCUT2D eigenvalue weighted by Crippen LogP contribution is 2.32. The van der Waals surface area contributed by atoms with Crippen molar-refractivity contribution in [3.63, 3.8) is 0 Å². The second kappa shape index (κ2) is 5.00. The van der Waals surface area contributed by atoms with Crippen molar-refractivity contribution in [3.8, 4) is 11.6 Å². The van der Waals surface area contributed by atoms with Crippen LogP contribution in [0.5, 0.6) is 11.6 Å². The molecule has 0 aliphatic rings. The number of aryl methyl sites for hydroxylation is 3. The summed E-state index contributed by atoms with van der Waals surface area (Å²) < 4.78 is 7.53. The summed E-state index contributed by atoms with van der Waals surface area (Å²) in [7, 11) is 1.82. The number of hydrogen-bond donors (Lipinski definition) is 1. The average Bonchev–Trinajstić information content (AvgIpc) is 2.58. The van der Waals surface area contributed by atoms with Gasteiger partial charge in [-0.25, -0.2) is 4.68 Å². The first kappa shape index (κ1) is 12.9. The smallest absolute Gasteiger partial charge is 0.222 e. The van der Waals surface area contributed by atoms with Gasteiger partial charge in [-0.2, -0.15) is 5.10 Å². The van der Waals surface area contributed by atoms with E-state index in [-0.39, 0.29) is 0 Å². The number of nitrogens with zero attached hydrogens (tertiary/aromatic N) is 2. The molecular weight excluding hydrogens is 250 g/mol. The van der Waals surface area contributed by atoms with Crippen molar-refractivity contribution in [3.05, 3.63) is 40.0 Å². The Balaban J connectivity index is 2.42. The topological polar surface area (TPSA) is 53.1 Å². The van der Waals surface area contributed by atoms with Crippen LogP contribution in [-0.2, 0) is 13.6 Å². The number of hydrogen-bond acceptors (Lipinski definition) is 3. The summed E-state index contributed by atoms with van der Waals surface area (Å²) in [6.45, 7) is 4.28. The molecule has 0 saturated carbocycles. The van der Waals surface area contributed by atoms with Crippen molar-refractivity contribution < 1.29 is 4.74 Å². The van der Waals surface area contributed by atoms with Gasteiger partial charge in [0.25, 0.3) is 0 Å². The Kier molecular flexibility index (Phi) is 3.59. The van der Waals surface area contributed by atoms with Gasteiger partial charge in [0, 0.05) is 13.6 Å². The Labute approximate surface area is 111 Å². The third-order valence-electron chi connectivity index (χ3n) is 2.79. The normalized spacial score (nSPS) is 10.7. The van der Waals surface area contributed by atoms with Gasteiger partial charge in [0.1, 0.15) is 5.75 Å². The molecule has 0 saturated heterocycles. The monoisotopic (exact) mass is 265 g/mol. The van der Waals surface area contributed by atoms with E-state index in [4.69, 9.17) is 22.1 Å². The summed E-state index contributed by atoms with van der Waals surface area (Å²) >= 11 is 6.11. The fourth-order valence-corrected chi connectivity index (χ4v) is 1.99. The minimum atomic E-state index is 0.387. The third kappa shape index (κ3) is 2.35. The first-order valence-corrected chi connectivity index (χ1v) is 6.07. The highest BCUT2D eigenvalue weighted by molar-refractivity contribution is 6.32. The minimum absolute atomic E-state index is 0.387. The predicted octanol–water partition coefficient (Wildman–Crippen LogP) is 2.94. The maximum atomic E-state index is 6.11. The van der Waals surface area contributed by atoms with Crippen LogP contribution in [0.25, 0.3) is 0 Å². The Bertz CT molecular complexity index is 578. The highest BCUT2D eigenvalue weighted by atomic mass is 35.5. The second-order valence-corrected chi connectivity index (χ2v) is 4.64. The lowest BCUT2D eigenvalue weighted by molar-refractivity contribution is 0.426. The standard InChI is InChI=1S/C13H16ClN3O/c1-8-4-5-11(14)12(6-8)18-13-10(7-15)9(2)16-17(13)3/h4-6H,7,15H2,1-3H3. The molecule has 0 aliphatic heterocycles. The van der Waals surface area contributed by atoms with Gasteiger partial charge in [0.15, 0.2) is 0 Å². The van der Waals surface area contributed by atoms with Crippen molar-refractivity contribution in [2.24, 2.45) is 12.8 Å². The zero-order valence-corrected chi connectivity index (χ0v) is 11.5. The van der Waals surface area contributed by atoms with Crippen LogP contribution < -0.4 is 10.5 Å². The van der Waals surface area contributed by atoms with Gasteiger partial charge in [-0.15, -0.1) is 0 Å². The maximum absolute atomic E-state index is 6.11. The fraction of sp³-hybridized carbons (Fsp3) is 0.308. The number of rotatable bonds is 3. The Morgan fingerprint density at radius 1 is 1.39 bits per heavy atom. The molecule has 2 N–H and O–H groups in total. The van der Waals surface area contributed by atoms with Crippen molar-refractivity contribution in [1.82, 2.24) is 9.78 Å². The minimum Gasteiger partial charge on any atom is -0.437 e. The van der Waals surface area contributed by atoms with E-state index in [1.54, 1.807) is 4.68 Å². The fourth-order valence-electron chi connectivity index (χ4n) is 1.84. The highest BCUT2D eigenvalue weighted by Gasteiger charge is 2.15. The second-order valence-electron chi connectivity index (χ2n) is 4.23. The van der Waals surface area contributed by atoms with E-state index in [1.807, 2.05) is 39.1 Å². The zero-order valence-electron chi connectivity index (χ0n) is 10.7. The van der Waals surface area contributed by atoms with Gasteiger partial charge in [-0.1, -0.05) is 17.7 Å². The molecule has 0 amide bonds. The van der Waals surface area contributed by atoms with E-state index in [9.17, 15) is 0 Å². The summed E-state index contributed by atoms with van der Waals surface area (Å²) in [6, 6.07) is 5.65. The molecule has 0 bridgehead atoms. The van der Waals surface area contributed by atoms with Crippen LogP contribution in [0.3, 0.4) is 0 Å². The molecular formula is C13H16ClN3O. The summed E-state index contributed by atoms with van der Waals surface area (Å²) in [4.78, 5) is 0. The molecule has 1 aromatic carbocycles. The van der Waals surface area contributed by atoms with E-state index in [2.05, 4.69) is 5.10 Å². The Morgan fingerprint density at radius 2 is 2.11 bits per heavy atom. The van der Waals surface area contributed by atoms with E-state index in [1.165, 1.54) is 0 Å². The quantitative estimate of drug-likeness (QED) is 0.928. The number of benzene rings is 1. The maximum Gasteiger partial charge on any atom is 0.222 e. The molecule has 18 heavy (non-hydrogen) atoms. The average molecular weight is 266 g/mol. The molecule has 2 aromatic rings. The van der Waals surface area contributed by atoms with Gasteiger partial charge in [-0.3, -0.25) is 0 Å². The molecule has 0 atom stereocenters. The van der Waals surface area contributed by atoms with Crippen molar-refractivity contribution >= 4 is 11.6 Å². The molecule has 0 fully saturated rings. The van der Waals surface area contributed by atoms with Crippen LogP contribution in [0.15, 0.2) is 18.2 Å². The zero-order chi connectivity index (χ0) is 13.3. The SMILES string of the molecule is Cc1ccc(Cl)c(Oc2c(CN)c(C)nn2C)c1. The molecule has 1 aromatic heterocycles. The van der Waals surface area contributed by atoms with E-state index >= 15 is 0 Å². The predicted molar refractivity (Wildman–Crippen MR) is 72.1 cm³/mol. The summed E-state index contributed by atoms with van der Waals surface area (Å²) in [5.74, 6) is 1.26. The molecule has 0 spiro atoms. The Hall–Kier alpha value is -1.52. The molecule has 0 aliphatic carbocycles. The van der Waals surface area contributed by atoms with E-state index in [0.717, 1.165) is 16.8 Å². The largest absolute Gasteiger partial charge is 0.437 e. The van der Waals surface area contributed by atoms with E-state index in [0.29, 0.717) is 23.2 Å².